The van der Waals surface area contributed by atoms with Gasteiger partial charge in [0.2, 0.25) is 5.88 Å². The van der Waals surface area contributed by atoms with Crippen molar-refractivity contribution in [2.45, 2.75) is 44.8 Å². The summed E-state index contributed by atoms with van der Waals surface area (Å²) in [6.45, 7) is 8.41. The molecule has 1 aromatic heterocycles. The monoisotopic (exact) mass is 604 g/mol. The van der Waals surface area contributed by atoms with Crippen LogP contribution in [0.4, 0.5) is 24.5 Å². The van der Waals surface area contributed by atoms with Gasteiger partial charge in [-0.2, -0.15) is 5.26 Å². The molecule has 11 heteroatoms. The fourth-order valence-electron chi connectivity index (χ4n) is 6.81. The van der Waals surface area contributed by atoms with E-state index in [1.807, 2.05) is 19.1 Å². The Hall–Kier alpha value is -4.30. The van der Waals surface area contributed by atoms with E-state index in [0.717, 1.165) is 42.0 Å². The number of halogens is 3. The van der Waals surface area contributed by atoms with E-state index in [4.69, 9.17) is 9.72 Å². The van der Waals surface area contributed by atoms with Crippen molar-refractivity contribution < 1.29 is 22.7 Å². The molecule has 2 saturated heterocycles. The molecule has 44 heavy (non-hydrogen) atoms. The summed E-state index contributed by atoms with van der Waals surface area (Å²) in [7, 11) is 2.06. The van der Waals surface area contributed by atoms with Crippen molar-refractivity contribution in [1.82, 2.24) is 14.8 Å². The summed E-state index contributed by atoms with van der Waals surface area (Å²) in [6.07, 6.45) is 2.62. The van der Waals surface area contributed by atoms with E-state index in [1.165, 1.54) is 17.0 Å². The minimum absolute atomic E-state index is 0.216. The number of pyridine rings is 1. The third-order valence-corrected chi connectivity index (χ3v) is 9.17. The Morgan fingerprint density at radius 3 is 2.66 bits per heavy atom. The maximum absolute atomic E-state index is 14.3. The Kier molecular flexibility index (Phi) is 8.12. The van der Waals surface area contributed by atoms with Crippen LogP contribution < -0.4 is 14.5 Å². The topological polar surface area (TPSA) is 75.9 Å². The molecular formula is C33H35F3N6O2. The lowest BCUT2D eigenvalue weighted by Gasteiger charge is -2.42. The normalized spacial score (nSPS) is 20.5. The van der Waals surface area contributed by atoms with Crippen LogP contribution in [0.3, 0.4) is 0 Å². The van der Waals surface area contributed by atoms with Crippen molar-refractivity contribution in [2.24, 2.45) is 0 Å². The van der Waals surface area contributed by atoms with E-state index >= 15 is 0 Å². The molecule has 2 fully saturated rings. The maximum atomic E-state index is 14.3. The number of nitrogens with zero attached hydrogens (tertiary/aromatic N) is 6. The van der Waals surface area contributed by atoms with Crippen LogP contribution in [0.5, 0.6) is 5.88 Å². The van der Waals surface area contributed by atoms with E-state index in [2.05, 4.69) is 34.4 Å². The van der Waals surface area contributed by atoms with Crippen LogP contribution in [-0.4, -0.2) is 79.2 Å². The Labute approximate surface area is 254 Å². The van der Waals surface area contributed by atoms with E-state index in [-0.39, 0.29) is 24.5 Å². The first-order valence-electron chi connectivity index (χ1n) is 15.0. The summed E-state index contributed by atoms with van der Waals surface area (Å²) in [5.74, 6) is -3.25. The number of likely N-dealkylation sites (N-methyl/N-ethyl adjacent to an activating group) is 1. The molecule has 4 heterocycles. The number of anilines is 2. The van der Waals surface area contributed by atoms with E-state index < -0.39 is 23.4 Å². The second kappa shape index (κ2) is 12.0. The largest absolute Gasteiger partial charge is 0.475 e. The summed E-state index contributed by atoms with van der Waals surface area (Å²) in [4.78, 5) is 25.2. The van der Waals surface area contributed by atoms with Gasteiger partial charge in [0, 0.05) is 54.9 Å². The molecule has 6 rings (SSSR count). The number of piperazine rings is 1. The van der Waals surface area contributed by atoms with Gasteiger partial charge in [0.15, 0.2) is 17.5 Å². The molecule has 3 aromatic rings. The highest BCUT2D eigenvalue weighted by atomic mass is 19.2. The predicted octanol–water partition coefficient (Wildman–Crippen LogP) is 4.94. The minimum atomic E-state index is -0.993. The Bertz CT molecular complexity index is 1670. The summed E-state index contributed by atoms with van der Waals surface area (Å²) in [6, 6.07) is 10.2. The van der Waals surface area contributed by atoms with Crippen molar-refractivity contribution in [3.8, 4) is 11.9 Å². The van der Waals surface area contributed by atoms with Gasteiger partial charge in [0.25, 0.3) is 5.91 Å². The second-order valence-corrected chi connectivity index (χ2v) is 11.9. The summed E-state index contributed by atoms with van der Waals surface area (Å²) < 4.78 is 48.3. The fraction of sp³-hybridized carbons (Fsp3) is 0.424. The molecule has 230 valence electrons. The molecule has 2 atom stereocenters. The smallest absolute Gasteiger partial charge is 0.282 e. The van der Waals surface area contributed by atoms with Crippen LogP contribution in [0.1, 0.15) is 36.6 Å². The number of rotatable bonds is 6. The zero-order valence-electron chi connectivity index (χ0n) is 25.0. The van der Waals surface area contributed by atoms with Gasteiger partial charge in [0.1, 0.15) is 18.2 Å². The molecule has 1 amide bonds. The third-order valence-electron chi connectivity index (χ3n) is 9.17. The highest BCUT2D eigenvalue weighted by Crippen LogP contribution is 2.40. The number of aromatic nitrogens is 1. The summed E-state index contributed by atoms with van der Waals surface area (Å²) in [5.41, 5.74) is 3.51. The van der Waals surface area contributed by atoms with E-state index in [9.17, 15) is 23.2 Å². The van der Waals surface area contributed by atoms with Crippen molar-refractivity contribution in [3.63, 3.8) is 0 Å². The Morgan fingerprint density at radius 2 is 1.95 bits per heavy atom. The van der Waals surface area contributed by atoms with Gasteiger partial charge in [-0.1, -0.05) is 18.7 Å². The lowest BCUT2D eigenvalue weighted by molar-refractivity contribution is -0.131. The van der Waals surface area contributed by atoms with Crippen molar-refractivity contribution in [2.75, 3.05) is 56.2 Å². The van der Waals surface area contributed by atoms with E-state index in [0.29, 0.717) is 55.5 Å². The van der Waals surface area contributed by atoms with Gasteiger partial charge in [0.05, 0.1) is 17.9 Å². The average Bonchev–Trinajstić information content (AvgIpc) is 3.43. The standard InChI is InChI=1S/C33H35F3N6O2/c1-20-17-41(12-13-42(20)33(43)21(2)34)31-24-9-11-40(30-8-4-6-22-14-27(35)28(36)15-25(22)30)18-29(24)38-32(26(31)16-37)44-19-23-7-5-10-39(23)3/h4,6,8,14-15,20,23H,2,5,7,9-13,17-19H2,1,3H3/t20-,23+/m1/s1. The van der Waals surface area contributed by atoms with Crippen molar-refractivity contribution in [3.05, 3.63) is 71.2 Å². The first-order chi connectivity index (χ1) is 21.2. The van der Waals surface area contributed by atoms with Crippen LogP contribution >= 0.6 is 0 Å². The minimum Gasteiger partial charge on any atom is -0.475 e. The van der Waals surface area contributed by atoms with Crippen LogP contribution in [-0.2, 0) is 17.8 Å². The Morgan fingerprint density at radius 1 is 1.16 bits per heavy atom. The number of fused-ring (bicyclic) bond motifs is 2. The number of likely N-dealkylation sites (tertiary alicyclic amines) is 1. The SMILES string of the molecule is C=C(F)C(=O)N1CCN(c2c(C#N)c(OC[C@@H]3CCCN3C)nc3c2CCN(c2cccc4cc(F)c(F)cc24)C3)C[C@H]1C. The van der Waals surface area contributed by atoms with Crippen LogP contribution in [0, 0.1) is 23.0 Å². The molecule has 0 aliphatic carbocycles. The second-order valence-electron chi connectivity index (χ2n) is 11.9. The molecule has 0 spiro atoms. The number of nitriles is 1. The molecule has 3 aliphatic rings. The highest BCUT2D eigenvalue weighted by molar-refractivity contribution is 5.94. The van der Waals surface area contributed by atoms with Crippen LogP contribution in [0.15, 0.2) is 42.7 Å². The van der Waals surface area contributed by atoms with Gasteiger partial charge >= 0.3 is 0 Å². The third kappa shape index (κ3) is 5.43. The molecule has 0 bridgehead atoms. The lowest BCUT2D eigenvalue weighted by Crippen LogP contribution is -2.54. The van der Waals surface area contributed by atoms with Gasteiger partial charge < -0.3 is 24.3 Å². The zero-order chi connectivity index (χ0) is 31.1. The van der Waals surface area contributed by atoms with Gasteiger partial charge in [-0.15, -0.1) is 0 Å². The number of amides is 1. The number of carbonyl (C=O) groups is 1. The molecule has 0 radical (unpaired) electrons. The van der Waals surface area contributed by atoms with Gasteiger partial charge in [-0.25, -0.2) is 18.2 Å². The van der Waals surface area contributed by atoms with Crippen molar-refractivity contribution >= 4 is 28.1 Å². The molecular weight excluding hydrogens is 569 g/mol. The lowest BCUT2D eigenvalue weighted by atomic mass is 9.96. The zero-order valence-corrected chi connectivity index (χ0v) is 25.0. The molecule has 0 N–H and O–H groups in total. The first-order valence-corrected chi connectivity index (χ1v) is 15.0. The fourth-order valence-corrected chi connectivity index (χ4v) is 6.81. The van der Waals surface area contributed by atoms with E-state index in [1.54, 1.807) is 6.07 Å². The first kappa shape index (κ1) is 29.8. The number of benzene rings is 2. The van der Waals surface area contributed by atoms with Gasteiger partial charge in [-0.3, -0.25) is 4.79 Å². The average molecular weight is 605 g/mol. The number of hydrogen-bond acceptors (Lipinski definition) is 7. The van der Waals surface area contributed by atoms with Gasteiger partial charge in [-0.05, 0) is 63.4 Å². The maximum Gasteiger partial charge on any atom is 0.282 e. The number of carbonyl (C=O) groups excluding carboxylic acids is 1. The molecule has 2 aromatic carbocycles. The summed E-state index contributed by atoms with van der Waals surface area (Å²) >= 11 is 0. The molecule has 8 nitrogen and oxygen atoms in total. The quantitative estimate of drug-likeness (QED) is 0.369. The molecule has 3 aliphatic heterocycles. The highest BCUT2D eigenvalue weighted by Gasteiger charge is 2.35. The molecule has 0 unspecified atom stereocenters. The summed E-state index contributed by atoms with van der Waals surface area (Å²) in [5, 5.41) is 11.6. The number of ether oxygens (including phenoxy) is 1. The number of hydrogen-bond donors (Lipinski definition) is 0. The van der Waals surface area contributed by atoms with Crippen molar-refractivity contribution in [1.29, 1.82) is 5.26 Å². The van der Waals surface area contributed by atoms with Crippen LogP contribution in [0.25, 0.3) is 10.8 Å². The molecule has 0 saturated carbocycles. The Balaban J connectivity index is 1.38. The predicted molar refractivity (Wildman–Crippen MR) is 162 cm³/mol. The van der Waals surface area contributed by atoms with Crippen LogP contribution in [0.2, 0.25) is 0 Å².